The second-order valence-electron chi connectivity index (χ2n) is 5.96. The number of likely N-dealkylation sites (N-methyl/N-ethyl adjacent to an activating group) is 2. The van der Waals surface area contributed by atoms with Gasteiger partial charge in [0.25, 0.3) is 0 Å². The summed E-state index contributed by atoms with van der Waals surface area (Å²) in [5.41, 5.74) is 5.42. The molecule has 7 nitrogen and oxygen atoms in total. The van der Waals surface area contributed by atoms with Crippen LogP contribution >= 0.6 is 0 Å². The van der Waals surface area contributed by atoms with Crippen molar-refractivity contribution < 1.29 is 8.42 Å². The molecule has 0 atom stereocenters. The Kier molecular flexibility index (Phi) is 4.72. The van der Waals surface area contributed by atoms with Gasteiger partial charge in [0, 0.05) is 31.9 Å². The van der Waals surface area contributed by atoms with Gasteiger partial charge in [-0.2, -0.15) is 9.40 Å². The molecule has 0 aliphatic heterocycles. The Balaban J connectivity index is 2.14. The average Bonchev–Trinajstić information content (AvgIpc) is 2.82. The quantitative estimate of drug-likeness (QED) is 0.762. The molecule has 1 heterocycles. The lowest BCUT2D eigenvalue weighted by Crippen LogP contribution is -2.57. The van der Waals surface area contributed by atoms with E-state index < -0.39 is 10.0 Å². The van der Waals surface area contributed by atoms with Crippen molar-refractivity contribution >= 4 is 10.0 Å². The van der Waals surface area contributed by atoms with E-state index in [0.717, 1.165) is 19.3 Å². The van der Waals surface area contributed by atoms with Crippen LogP contribution in [-0.4, -0.2) is 67.2 Å². The van der Waals surface area contributed by atoms with Crippen molar-refractivity contribution in [3.63, 3.8) is 0 Å². The predicted molar refractivity (Wildman–Crippen MR) is 81.4 cm³/mol. The van der Waals surface area contributed by atoms with Gasteiger partial charge in [-0.25, -0.2) is 8.42 Å². The molecule has 1 fully saturated rings. The standard InChI is InChI=1S/C13H25N5O2S/c1-16(2)13(5-4-6-13)11-17(3)21(19,20)12-9-15-18(10-12)8-7-14/h9-10H,4-8,11,14H2,1-3H3. The number of nitrogens with zero attached hydrogens (tertiary/aromatic N) is 4. The van der Waals surface area contributed by atoms with Crippen molar-refractivity contribution in [2.75, 3.05) is 34.2 Å². The summed E-state index contributed by atoms with van der Waals surface area (Å²) in [6.07, 6.45) is 6.16. The topological polar surface area (TPSA) is 84.5 Å². The highest BCUT2D eigenvalue weighted by Gasteiger charge is 2.42. The van der Waals surface area contributed by atoms with Crippen molar-refractivity contribution in [2.24, 2.45) is 5.73 Å². The molecule has 1 aliphatic carbocycles. The second kappa shape index (κ2) is 6.04. The second-order valence-corrected chi connectivity index (χ2v) is 8.01. The van der Waals surface area contributed by atoms with Gasteiger partial charge in [-0.3, -0.25) is 4.68 Å². The molecule has 8 heteroatoms. The molecular formula is C13H25N5O2S. The summed E-state index contributed by atoms with van der Waals surface area (Å²) >= 11 is 0. The van der Waals surface area contributed by atoms with E-state index in [-0.39, 0.29) is 10.4 Å². The van der Waals surface area contributed by atoms with Gasteiger partial charge >= 0.3 is 0 Å². The molecule has 0 bridgehead atoms. The lowest BCUT2D eigenvalue weighted by Gasteiger charge is -2.48. The van der Waals surface area contributed by atoms with E-state index in [0.29, 0.717) is 19.6 Å². The fourth-order valence-corrected chi connectivity index (χ4v) is 3.95. The van der Waals surface area contributed by atoms with E-state index >= 15 is 0 Å². The number of sulfonamides is 1. The molecule has 0 aromatic carbocycles. The third-order valence-electron chi connectivity index (χ3n) is 4.43. The SMILES string of the molecule is CN(C)C1(CN(C)S(=O)(=O)c2cnn(CCN)c2)CCC1. The van der Waals surface area contributed by atoms with Crippen molar-refractivity contribution in [1.82, 2.24) is 19.0 Å². The summed E-state index contributed by atoms with van der Waals surface area (Å²) in [5, 5.41) is 4.04. The minimum absolute atomic E-state index is 0.0327. The minimum atomic E-state index is -3.50. The fourth-order valence-electron chi connectivity index (χ4n) is 2.74. The molecule has 0 spiro atoms. The summed E-state index contributed by atoms with van der Waals surface area (Å²) in [6.45, 7) is 1.45. The van der Waals surface area contributed by atoms with Crippen molar-refractivity contribution in [3.05, 3.63) is 12.4 Å². The lowest BCUT2D eigenvalue weighted by molar-refractivity contribution is 0.0455. The Labute approximate surface area is 126 Å². The number of hydrogen-bond acceptors (Lipinski definition) is 5. The van der Waals surface area contributed by atoms with Gasteiger partial charge in [-0.05, 0) is 33.4 Å². The highest BCUT2D eigenvalue weighted by Crippen LogP contribution is 2.37. The lowest BCUT2D eigenvalue weighted by atomic mass is 9.75. The zero-order chi connectivity index (χ0) is 15.7. The van der Waals surface area contributed by atoms with Gasteiger partial charge < -0.3 is 10.6 Å². The summed E-state index contributed by atoms with van der Waals surface area (Å²) in [5.74, 6) is 0. The van der Waals surface area contributed by atoms with Crippen LogP contribution in [0, 0.1) is 0 Å². The summed E-state index contributed by atoms with van der Waals surface area (Å²) in [4.78, 5) is 2.37. The molecule has 0 radical (unpaired) electrons. The van der Waals surface area contributed by atoms with Gasteiger partial charge in [0.05, 0.1) is 12.7 Å². The maximum Gasteiger partial charge on any atom is 0.246 e. The van der Waals surface area contributed by atoms with E-state index in [1.54, 1.807) is 17.9 Å². The van der Waals surface area contributed by atoms with Crippen LogP contribution in [0.3, 0.4) is 0 Å². The van der Waals surface area contributed by atoms with Gasteiger partial charge in [-0.1, -0.05) is 0 Å². The van der Waals surface area contributed by atoms with Gasteiger partial charge in [-0.15, -0.1) is 0 Å². The largest absolute Gasteiger partial charge is 0.329 e. The van der Waals surface area contributed by atoms with Crippen LogP contribution in [0.25, 0.3) is 0 Å². The zero-order valence-corrected chi connectivity index (χ0v) is 13.8. The van der Waals surface area contributed by atoms with Crippen LogP contribution in [0.4, 0.5) is 0 Å². The summed E-state index contributed by atoms with van der Waals surface area (Å²) < 4.78 is 28.2. The first-order valence-electron chi connectivity index (χ1n) is 7.18. The van der Waals surface area contributed by atoms with Crippen LogP contribution in [0.15, 0.2) is 17.3 Å². The van der Waals surface area contributed by atoms with Crippen molar-refractivity contribution in [3.8, 4) is 0 Å². The van der Waals surface area contributed by atoms with E-state index in [2.05, 4.69) is 10.00 Å². The Morgan fingerprint density at radius 1 is 1.38 bits per heavy atom. The van der Waals surface area contributed by atoms with Crippen LogP contribution in [0.1, 0.15) is 19.3 Å². The normalized spacial score (nSPS) is 18.2. The number of hydrogen-bond donors (Lipinski definition) is 1. The summed E-state index contributed by atoms with van der Waals surface area (Å²) in [6, 6.07) is 0. The maximum atomic E-state index is 12.6. The van der Waals surface area contributed by atoms with Gasteiger partial charge in [0.2, 0.25) is 10.0 Å². The molecule has 1 saturated carbocycles. The maximum absolute atomic E-state index is 12.6. The van der Waals surface area contributed by atoms with E-state index in [4.69, 9.17) is 5.73 Å². The average molecular weight is 315 g/mol. The fraction of sp³-hybridized carbons (Fsp3) is 0.769. The van der Waals surface area contributed by atoms with Gasteiger partial charge in [0.15, 0.2) is 0 Å². The monoisotopic (exact) mass is 315 g/mol. The van der Waals surface area contributed by atoms with E-state index in [9.17, 15) is 8.42 Å². The number of rotatable bonds is 7. The minimum Gasteiger partial charge on any atom is -0.329 e. The number of nitrogens with two attached hydrogens (primary N) is 1. The number of aromatic nitrogens is 2. The predicted octanol–water partition coefficient (Wildman–Crippen LogP) is -0.0534. The first kappa shape index (κ1) is 16.4. The molecule has 1 aliphatic rings. The van der Waals surface area contributed by atoms with Crippen molar-refractivity contribution in [1.29, 1.82) is 0 Å². The molecule has 1 aromatic heterocycles. The Hall–Kier alpha value is -0.960. The highest BCUT2D eigenvalue weighted by molar-refractivity contribution is 7.89. The smallest absolute Gasteiger partial charge is 0.246 e. The highest BCUT2D eigenvalue weighted by atomic mass is 32.2. The van der Waals surface area contributed by atoms with E-state index in [1.807, 2.05) is 14.1 Å². The first-order chi connectivity index (χ1) is 9.82. The first-order valence-corrected chi connectivity index (χ1v) is 8.62. The van der Waals surface area contributed by atoms with Crippen LogP contribution in [0.2, 0.25) is 0 Å². The van der Waals surface area contributed by atoms with Crippen LogP contribution in [0.5, 0.6) is 0 Å². The Morgan fingerprint density at radius 3 is 2.52 bits per heavy atom. The van der Waals surface area contributed by atoms with E-state index in [1.165, 1.54) is 10.5 Å². The Bertz CT molecular complexity index is 577. The molecule has 2 rings (SSSR count). The Morgan fingerprint density at radius 2 is 2.05 bits per heavy atom. The molecular weight excluding hydrogens is 290 g/mol. The van der Waals surface area contributed by atoms with Gasteiger partial charge in [0.1, 0.15) is 4.90 Å². The zero-order valence-electron chi connectivity index (χ0n) is 13.0. The molecule has 0 saturated heterocycles. The third-order valence-corrected chi connectivity index (χ3v) is 6.18. The molecule has 120 valence electrons. The van der Waals surface area contributed by atoms with Crippen LogP contribution < -0.4 is 5.73 Å². The third kappa shape index (κ3) is 3.13. The summed E-state index contributed by atoms with van der Waals surface area (Å²) in [7, 11) is 2.17. The molecule has 0 amide bonds. The molecule has 0 unspecified atom stereocenters. The molecule has 2 N–H and O–H groups in total. The molecule has 21 heavy (non-hydrogen) atoms. The van der Waals surface area contributed by atoms with Crippen molar-refractivity contribution in [2.45, 2.75) is 36.2 Å². The molecule has 1 aromatic rings. The van der Waals surface area contributed by atoms with Crippen LogP contribution in [-0.2, 0) is 16.6 Å².